The number of hydrogen-bond donors (Lipinski definition) is 2. The molecule has 102 valence electrons. The van der Waals surface area contributed by atoms with E-state index in [1.807, 2.05) is 0 Å². The first-order valence-electron chi connectivity index (χ1n) is 7.20. The van der Waals surface area contributed by atoms with Crippen LogP contribution in [0.25, 0.3) is 0 Å². The van der Waals surface area contributed by atoms with Gasteiger partial charge in [0.2, 0.25) is 0 Å². The molecule has 0 aromatic carbocycles. The Balaban J connectivity index is 2.63. The van der Waals surface area contributed by atoms with E-state index < -0.39 is 5.60 Å². The van der Waals surface area contributed by atoms with Gasteiger partial charge in [-0.1, -0.05) is 13.3 Å². The minimum Gasteiger partial charge on any atom is -0.390 e. The fraction of sp³-hybridized carbons (Fsp3) is 1.00. The molecule has 0 bridgehead atoms. The largest absolute Gasteiger partial charge is 0.390 e. The normalized spacial score (nSPS) is 29.3. The maximum absolute atomic E-state index is 10.8. The topological polar surface area (TPSA) is 49.5 Å². The van der Waals surface area contributed by atoms with Crippen LogP contribution in [0.1, 0.15) is 52.9 Å². The standard InChI is InChI=1S/C14H30N2O/c1-4-6-13(11-15)14(17)7-5-9-16(10-8-14)12(2)3/h12-13,17H,4-11,15H2,1-3H3. The van der Waals surface area contributed by atoms with Gasteiger partial charge in [0.25, 0.3) is 0 Å². The molecule has 3 heteroatoms. The van der Waals surface area contributed by atoms with E-state index in [0.717, 1.165) is 45.2 Å². The van der Waals surface area contributed by atoms with E-state index in [4.69, 9.17) is 5.73 Å². The van der Waals surface area contributed by atoms with Crippen molar-refractivity contribution in [2.75, 3.05) is 19.6 Å². The lowest BCUT2D eigenvalue weighted by Crippen LogP contribution is -2.43. The lowest BCUT2D eigenvalue weighted by molar-refractivity contribution is -0.0318. The second kappa shape index (κ2) is 6.72. The van der Waals surface area contributed by atoms with Crippen LogP contribution < -0.4 is 5.73 Å². The van der Waals surface area contributed by atoms with Crippen molar-refractivity contribution in [3.8, 4) is 0 Å². The van der Waals surface area contributed by atoms with Gasteiger partial charge < -0.3 is 15.7 Å². The van der Waals surface area contributed by atoms with Crippen LogP contribution in [0.2, 0.25) is 0 Å². The molecule has 1 saturated heterocycles. The monoisotopic (exact) mass is 242 g/mol. The quantitative estimate of drug-likeness (QED) is 0.775. The van der Waals surface area contributed by atoms with Gasteiger partial charge in [0.15, 0.2) is 0 Å². The van der Waals surface area contributed by atoms with Gasteiger partial charge in [-0.15, -0.1) is 0 Å². The van der Waals surface area contributed by atoms with E-state index in [0.29, 0.717) is 12.6 Å². The van der Waals surface area contributed by atoms with Crippen LogP contribution in [0.3, 0.4) is 0 Å². The Kier molecular flexibility index (Phi) is 5.90. The van der Waals surface area contributed by atoms with Gasteiger partial charge in [-0.25, -0.2) is 0 Å². The van der Waals surface area contributed by atoms with Crippen LogP contribution in [0, 0.1) is 5.92 Å². The van der Waals surface area contributed by atoms with Gasteiger partial charge in [0.05, 0.1) is 5.60 Å². The van der Waals surface area contributed by atoms with Crippen molar-refractivity contribution in [3.05, 3.63) is 0 Å². The molecule has 3 N–H and O–H groups in total. The van der Waals surface area contributed by atoms with Crippen molar-refractivity contribution in [1.82, 2.24) is 4.90 Å². The van der Waals surface area contributed by atoms with E-state index in [1.54, 1.807) is 0 Å². The fourth-order valence-corrected chi connectivity index (χ4v) is 3.04. The summed E-state index contributed by atoms with van der Waals surface area (Å²) in [6, 6.07) is 0.583. The van der Waals surface area contributed by atoms with Gasteiger partial charge in [-0.05, 0) is 58.5 Å². The third-order valence-electron chi connectivity index (χ3n) is 4.30. The Bertz CT molecular complexity index is 220. The molecule has 0 aromatic heterocycles. The zero-order valence-corrected chi connectivity index (χ0v) is 11.8. The van der Waals surface area contributed by atoms with E-state index in [2.05, 4.69) is 25.7 Å². The molecule has 0 saturated carbocycles. The number of hydrogen-bond acceptors (Lipinski definition) is 3. The highest BCUT2D eigenvalue weighted by Gasteiger charge is 2.36. The molecule has 1 fully saturated rings. The van der Waals surface area contributed by atoms with Crippen molar-refractivity contribution in [2.45, 2.75) is 64.5 Å². The first-order chi connectivity index (χ1) is 8.03. The van der Waals surface area contributed by atoms with Gasteiger partial charge in [-0.2, -0.15) is 0 Å². The molecular formula is C14H30N2O. The molecule has 17 heavy (non-hydrogen) atoms. The van der Waals surface area contributed by atoms with E-state index in [9.17, 15) is 5.11 Å². The van der Waals surface area contributed by atoms with Crippen LogP contribution in [-0.2, 0) is 0 Å². The summed E-state index contributed by atoms with van der Waals surface area (Å²) in [5.74, 6) is 0.277. The number of nitrogens with zero attached hydrogens (tertiary/aromatic N) is 1. The summed E-state index contributed by atoms with van der Waals surface area (Å²) in [5.41, 5.74) is 5.33. The van der Waals surface area contributed by atoms with Crippen LogP contribution >= 0.6 is 0 Å². The highest BCUT2D eigenvalue weighted by molar-refractivity contribution is 4.90. The minimum absolute atomic E-state index is 0.277. The lowest BCUT2D eigenvalue weighted by Gasteiger charge is -2.35. The zero-order valence-electron chi connectivity index (χ0n) is 11.8. The molecule has 0 aromatic rings. The average molecular weight is 242 g/mol. The molecule has 0 radical (unpaired) electrons. The number of nitrogens with two attached hydrogens (primary N) is 1. The molecular weight excluding hydrogens is 212 g/mol. The van der Waals surface area contributed by atoms with Gasteiger partial charge in [0.1, 0.15) is 0 Å². The molecule has 2 atom stereocenters. The minimum atomic E-state index is -0.519. The summed E-state index contributed by atoms with van der Waals surface area (Å²) in [6.45, 7) is 9.38. The molecule has 3 nitrogen and oxygen atoms in total. The Morgan fingerprint density at radius 3 is 2.53 bits per heavy atom. The van der Waals surface area contributed by atoms with Crippen molar-refractivity contribution >= 4 is 0 Å². The lowest BCUT2D eigenvalue weighted by atomic mass is 9.79. The summed E-state index contributed by atoms with van der Waals surface area (Å²) < 4.78 is 0. The molecule has 1 aliphatic rings. The predicted molar refractivity (Wildman–Crippen MR) is 73.0 cm³/mol. The molecule has 0 amide bonds. The second-order valence-corrected chi connectivity index (χ2v) is 5.81. The maximum Gasteiger partial charge on any atom is 0.0700 e. The van der Waals surface area contributed by atoms with Gasteiger partial charge >= 0.3 is 0 Å². The molecule has 0 spiro atoms. The predicted octanol–water partition coefficient (Wildman–Crippen LogP) is 1.99. The van der Waals surface area contributed by atoms with Crippen molar-refractivity contribution in [3.63, 3.8) is 0 Å². The first kappa shape index (κ1) is 14.9. The molecule has 0 aliphatic carbocycles. The van der Waals surface area contributed by atoms with Gasteiger partial charge in [-0.3, -0.25) is 0 Å². The fourth-order valence-electron chi connectivity index (χ4n) is 3.04. The Morgan fingerprint density at radius 1 is 1.29 bits per heavy atom. The zero-order chi connectivity index (χ0) is 12.9. The van der Waals surface area contributed by atoms with Crippen LogP contribution in [0.15, 0.2) is 0 Å². The second-order valence-electron chi connectivity index (χ2n) is 5.81. The highest BCUT2D eigenvalue weighted by Crippen LogP contribution is 2.32. The van der Waals surface area contributed by atoms with Crippen molar-refractivity contribution < 1.29 is 5.11 Å². The third-order valence-corrected chi connectivity index (χ3v) is 4.30. The smallest absolute Gasteiger partial charge is 0.0700 e. The van der Waals surface area contributed by atoms with Crippen LogP contribution in [0.4, 0.5) is 0 Å². The summed E-state index contributed by atoms with van der Waals surface area (Å²) in [5, 5.41) is 10.8. The summed E-state index contributed by atoms with van der Waals surface area (Å²) >= 11 is 0. The number of rotatable bonds is 5. The van der Waals surface area contributed by atoms with Crippen LogP contribution in [0.5, 0.6) is 0 Å². The Hall–Kier alpha value is -0.120. The van der Waals surface area contributed by atoms with Crippen molar-refractivity contribution in [1.29, 1.82) is 0 Å². The summed E-state index contributed by atoms with van der Waals surface area (Å²) in [7, 11) is 0. The number of aliphatic hydroxyl groups is 1. The molecule has 1 aliphatic heterocycles. The summed E-state index contributed by atoms with van der Waals surface area (Å²) in [6.07, 6.45) is 5.05. The molecule has 1 heterocycles. The van der Waals surface area contributed by atoms with E-state index >= 15 is 0 Å². The number of likely N-dealkylation sites (tertiary alicyclic amines) is 1. The van der Waals surface area contributed by atoms with Crippen molar-refractivity contribution in [2.24, 2.45) is 11.7 Å². The molecule has 1 rings (SSSR count). The Labute approximate surface area is 106 Å². The van der Waals surface area contributed by atoms with E-state index in [-0.39, 0.29) is 5.92 Å². The first-order valence-corrected chi connectivity index (χ1v) is 7.20. The summed E-state index contributed by atoms with van der Waals surface area (Å²) in [4.78, 5) is 2.47. The third kappa shape index (κ3) is 3.94. The molecule has 2 unspecified atom stereocenters. The average Bonchev–Trinajstić information content (AvgIpc) is 2.49. The van der Waals surface area contributed by atoms with Crippen LogP contribution in [-0.4, -0.2) is 41.3 Å². The van der Waals surface area contributed by atoms with Gasteiger partial charge in [0, 0.05) is 12.6 Å². The van der Waals surface area contributed by atoms with E-state index in [1.165, 1.54) is 0 Å². The SMILES string of the molecule is CCCC(CN)C1(O)CCCN(C(C)C)CC1. The Morgan fingerprint density at radius 2 is 2.00 bits per heavy atom. The highest BCUT2D eigenvalue weighted by atomic mass is 16.3. The maximum atomic E-state index is 10.8.